The lowest BCUT2D eigenvalue weighted by Crippen LogP contribution is -2.18. The predicted molar refractivity (Wildman–Crippen MR) is 103 cm³/mol. The Morgan fingerprint density at radius 1 is 0.864 bits per heavy atom. The SMILES string of the molecule is CCCCCCCC(=O)SCCCCO[SiH](CCC)CCC. The highest BCUT2D eigenvalue weighted by Gasteiger charge is 2.09. The second-order valence-electron chi connectivity index (χ2n) is 6.16. The summed E-state index contributed by atoms with van der Waals surface area (Å²) in [6.07, 6.45) is 11.7. The summed E-state index contributed by atoms with van der Waals surface area (Å²) in [6.45, 7) is 7.65. The van der Waals surface area contributed by atoms with Crippen molar-refractivity contribution in [2.75, 3.05) is 12.4 Å². The van der Waals surface area contributed by atoms with Gasteiger partial charge in [-0.15, -0.1) is 0 Å². The van der Waals surface area contributed by atoms with Gasteiger partial charge in [-0.2, -0.15) is 0 Å². The van der Waals surface area contributed by atoms with Gasteiger partial charge in [0, 0.05) is 18.8 Å². The van der Waals surface area contributed by atoms with Crippen LogP contribution in [0.5, 0.6) is 0 Å². The van der Waals surface area contributed by atoms with Crippen molar-refractivity contribution in [3.63, 3.8) is 0 Å². The summed E-state index contributed by atoms with van der Waals surface area (Å²) in [7, 11) is -0.904. The molecule has 2 nitrogen and oxygen atoms in total. The van der Waals surface area contributed by atoms with Crippen LogP contribution in [0.4, 0.5) is 0 Å². The third kappa shape index (κ3) is 15.1. The summed E-state index contributed by atoms with van der Waals surface area (Å²) in [4.78, 5) is 11.7. The molecule has 0 amide bonds. The highest BCUT2D eigenvalue weighted by atomic mass is 32.2. The zero-order valence-corrected chi connectivity index (χ0v) is 17.2. The molecule has 0 saturated heterocycles. The van der Waals surface area contributed by atoms with E-state index in [0.29, 0.717) is 5.12 Å². The van der Waals surface area contributed by atoms with Gasteiger partial charge >= 0.3 is 0 Å². The van der Waals surface area contributed by atoms with Crippen LogP contribution < -0.4 is 0 Å². The van der Waals surface area contributed by atoms with Gasteiger partial charge in [-0.05, 0) is 31.4 Å². The number of rotatable bonds is 16. The van der Waals surface area contributed by atoms with Crippen LogP contribution in [0.2, 0.25) is 12.1 Å². The monoisotopic (exact) mass is 346 g/mol. The van der Waals surface area contributed by atoms with Crippen LogP contribution in [0.15, 0.2) is 0 Å². The van der Waals surface area contributed by atoms with Gasteiger partial charge in [0.05, 0.1) is 0 Å². The maximum atomic E-state index is 11.7. The highest BCUT2D eigenvalue weighted by Crippen LogP contribution is 2.14. The minimum Gasteiger partial charge on any atom is -0.420 e. The molecule has 0 saturated carbocycles. The van der Waals surface area contributed by atoms with E-state index in [1.54, 1.807) is 0 Å². The summed E-state index contributed by atoms with van der Waals surface area (Å²) in [6, 6.07) is 2.64. The first-order valence-corrected chi connectivity index (χ1v) is 12.6. The standard InChI is InChI=1S/C18H38O2SSi/c1-4-7-8-9-10-13-18(19)21-15-12-11-14-20-22(16-5-2)17-6-3/h22H,4-17H2,1-3H3. The topological polar surface area (TPSA) is 26.3 Å². The molecule has 0 aliphatic carbocycles. The van der Waals surface area contributed by atoms with E-state index in [1.165, 1.54) is 62.4 Å². The minimum absolute atomic E-state index is 0.390. The second kappa shape index (κ2) is 17.5. The Morgan fingerprint density at radius 3 is 2.18 bits per heavy atom. The van der Waals surface area contributed by atoms with Crippen LogP contribution in [0.25, 0.3) is 0 Å². The summed E-state index contributed by atoms with van der Waals surface area (Å²) in [5.74, 6) is 0.977. The summed E-state index contributed by atoms with van der Waals surface area (Å²) < 4.78 is 6.08. The fourth-order valence-corrected chi connectivity index (χ4v) is 5.81. The predicted octanol–water partition coefficient (Wildman–Crippen LogP) is 5.95. The molecule has 0 fully saturated rings. The number of carbonyl (C=O) groups excluding carboxylic acids is 1. The zero-order chi connectivity index (χ0) is 16.5. The molecule has 0 heterocycles. The molecule has 0 radical (unpaired) electrons. The van der Waals surface area contributed by atoms with Crippen molar-refractivity contribution in [2.45, 2.75) is 97.1 Å². The van der Waals surface area contributed by atoms with E-state index in [0.717, 1.165) is 38.0 Å². The lowest BCUT2D eigenvalue weighted by molar-refractivity contribution is -0.111. The third-order valence-electron chi connectivity index (χ3n) is 3.86. The van der Waals surface area contributed by atoms with Gasteiger partial charge in [-0.1, -0.05) is 71.1 Å². The Hall–Kier alpha value is 0.197. The van der Waals surface area contributed by atoms with Crippen molar-refractivity contribution in [1.82, 2.24) is 0 Å². The molecule has 0 bridgehead atoms. The molecule has 0 atom stereocenters. The van der Waals surface area contributed by atoms with E-state index >= 15 is 0 Å². The average molecular weight is 347 g/mol. The summed E-state index contributed by atoms with van der Waals surface area (Å²) in [5, 5.41) is 0.390. The molecule has 0 aliphatic heterocycles. The number of carbonyl (C=O) groups is 1. The Kier molecular flexibility index (Phi) is 17.7. The molecule has 0 unspecified atom stereocenters. The molecule has 0 spiro atoms. The first-order chi connectivity index (χ1) is 10.7. The Balaban J connectivity index is 3.38. The molecular weight excluding hydrogens is 308 g/mol. The molecule has 0 aromatic rings. The first-order valence-electron chi connectivity index (χ1n) is 9.51. The molecular formula is C18H38O2SSi. The lowest BCUT2D eigenvalue weighted by Gasteiger charge is -2.14. The number of thioether (sulfide) groups is 1. The maximum absolute atomic E-state index is 11.7. The maximum Gasteiger partial charge on any atom is 0.188 e. The Labute approximate surface area is 144 Å². The minimum atomic E-state index is -0.904. The van der Waals surface area contributed by atoms with Gasteiger partial charge in [-0.3, -0.25) is 4.79 Å². The van der Waals surface area contributed by atoms with E-state index in [9.17, 15) is 4.79 Å². The Bertz CT molecular complexity index is 243. The fourth-order valence-electron chi connectivity index (χ4n) is 2.54. The van der Waals surface area contributed by atoms with Crippen LogP contribution in [0, 0.1) is 0 Å². The highest BCUT2D eigenvalue weighted by molar-refractivity contribution is 8.13. The van der Waals surface area contributed by atoms with Gasteiger partial charge in [0.1, 0.15) is 0 Å². The quantitative estimate of drug-likeness (QED) is 0.255. The fraction of sp³-hybridized carbons (Fsp3) is 0.944. The van der Waals surface area contributed by atoms with Crippen molar-refractivity contribution < 1.29 is 9.22 Å². The van der Waals surface area contributed by atoms with Crippen molar-refractivity contribution in [3.05, 3.63) is 0 Å². The summed E-state index contributed by atoms with van der Waals surface area (Å²) >= 11 is 1.54. The number of hydrogen-bond acceptors (Lipinski definition) is 3. The van der Waals surface area contributed by atoms with Gasteiger partial charge in [0.25, 0.3) is 0 Å². The van der Waals surface area contributed by atoms with Crippen molar-refractivity contribution >= 4 is 25.9 Å². The Morgan fingerprint density at radius 2 is 1.55 bits per heavy atom. The largest absolute Gasteiger partial charge is 0.420 e. The van der Waals surface area contributed by atoms with E-state index < -0.39 is 9.04 Å². The average Bonchev–Trinajstić information content (AvgIpc) is 2.51. The molecule has 0 aliphatic rings. The van der Waals surface area contributed by atoms with Crippen molar-refractivity contribution in [1.29, 1.82) is 0 Å². The molecule has 4 heteroatoms. The number of hydrogen-bond donors (Lipinski definition) is 0. The van der Waals surface area contributed by atoms with E-state index in [2.05, 4.69) is 20.8 Å². The molecule has 0 rings (SSSR count). The van der Waals surface area contributed by atoms with Gasteiger partial charge < -0.3 is 4.43 Å². The zero-order valence-electron chi connectivity index (χ0n) is 15.2. The first kappa shape index (κ1) is 22.2. The lowest BCUT2D eigenvalue weighted by atomic mass is 10.1. The molecule has 0 N–H and O–H groups in total. The van der Waals surface area contributed by atoms with Gasteiger partial charge in [0.15, 0.2) is 14.2 Å². The van der Waals surface area contributed by atoms with Crippen LogP contribution in [-0.2, 0) is 9.22 Å². The van der Waals surface area contributed by atoms with Crippen LogP contribution in [-0.4, -0.2) is 26.5 Å². The molecule has 0 aromatic heterocycles. The van der Waals surface area contributed by atoms with Crippen molar-refractivity contribution in [2.24, 2.45) is 0 Å². The van der Waals surface area contributed by atoms with Crippen LogP contribution in [0.1, 0.15) is 85.0 Å². The smallest absolute Gasteiger partial charge is 0.188 e. The van der Waals surface area contributed by atoms with Crippen molar-refractivity contribution in [3.8, 4) is 0 Å². The summed E-state index contributed by atoms with van der Waals surface area (Å²) in [5.41, 5.74) is 0. The van der Waals surface area contributed by atoms with E-state index in [-0.39, 0.29) is 0 Å². The molecule has 132 valence electrons. The van der Waals surface area contributed by atoms with Gasteiger partial charge in [-0.25, -0.2) is 0 Å². The number of unbranched alkanes of at least 4 members (excludes halogenated alkanes) is 5. The van der Waals surface area contributed by atoms with E-state index in [1.807, 2.05) is 0 Å². The van der Waals surface area contributed by atoms with Crippen LogP contribution >= 0.6 is 11.8 Å². The normalized spacial score (nSPS) is 11.3. The van der Waals surface area contributed by atoms with Crippen LogP contribution in [0.3, 0.4) is 0 Å². The molecule has 0 aromatic carbocycles. The molecule has 22 heavy (non-hydrogen) atoms. The van der Waals surface area contributed by atoms with E-state index in [4.69, 9.17) is 4.43 Å². The van der Waals surface area contributed by atoms with Gasteiger partial charge in [0.2, 0.25) is 0 Å². The third-order valence-corrected chi connectivity index (χ3v) is 8.03. The second-order valence-corrected chi connectivity index (χ2v) is 10.0.